The van der Waals surface area contributed by atoms with Gasteiger partial charge in [-0.3, -0.25) is 9.69 Å². The molecular formula is C22H37N3O2. The van der Waals surface area contributed by atoms with Crippen LogP contribution in [0.2, 0.25) is 0 Å². The van der Waals surface area contributed by atoms with Crippen molar-refractivity contribution in [3.63, 3.8) is 0 Å². The van der Waals surface area contributed by atoms with Gasteiger partial charge in [0.1, 0.15) is 0 Å². The van der Waals surface area contributed by atoms with E-state index in [9.17, 15) is 9.90 Å². The van der Waals surface area contributed by atoms with Crippen LogP contribution in [-0.2, 0) is 4.79 Å². The van der Waals surface area contributed by atoms with Gasteiger partial charge >= 0.3 is 0 Å². The Morgan fingerprint density at radius 1 is 1.00 bits per heavy atom. The summed E-state index contributed by atoms with van der Waals surface area (Å²) in [4.78, 5) is 20.5. The van der Waals surface area contributed by atoms with Crippen LogP contribution >= 0.6 is 0 Å². The predicted molar refractivity (Wildman–Crippen MR) is 105 cm³/mol. The molecule has 0 aromatic rings. The minimum absolute atomic E-state index is 0.0964. The summed E-state index contributed by atoms with van der Waals surface area (Å²) in [6.07, 6.45) is 9.53. The monoisotopic (exact) mass is 375 g/mol. The van der Waals surface area contributed by atoms with E-state index in [4.69, 9.17) is 0 Å². The van der Waals surface area contributed by atoms with Crippen molar-refractivity contribution in [2.24, 2.45) is 17.3 Å². The molecule has 27 heavy (non-hydrogen) atoms. The number of piperidine rings is 1. The molecular weight excluding hydrogens is 338 g/mol. The van der Waals surface area contributed by atoms with Gasteiger partial charge in [0.2, 0.25) is 5.91 Å². The molecule has 2 aliphatic heterocycles. The fourth-order valence-corrected chi connectivity index (χ4v) is 7.89. The third kappa shape index (κ3) is 3.14. The Balaban J connectivity index is 1.29. The summed E-state index contributed by atoms with van der Waals surface area (Å²) in [6, 6.07) is 0. The number of rotatable bonds is 2. The Bertz CT molecular complexity index is 599. The van der Waals surface area contributed by atoms with Crippen LogP contribution in [0.5, 0.6) is 0 Å². The standard InChI is InChI=1S/C22H37N3O2/c1-23-5-3-21(4-6-23)16-25(8-7-24(21)2)19(26)14-20-10-17-9-18(11-20)13-22(27,12-17)15-20/h17-18,27H,3-16H2,1-2H3. The Morgan fingerprint density at radius 3 is 2.30 bits per heavy atom. The molecule has 2 atom stereocenters. The lowest BCUT2D eigenvalue weighted by molar-refractivity contribution is -0.173. The minimum atomic E-state index is -0.457. The van der Waals surface area contributed by atoms with E-state index in [0.717, 1.165) is 52.0 Å². The van der Waals surface area contributed by atoms with Crippen LogP contribution in [0.25, 0.3) is 0 Å². The van der Waals surface area contributed by atoms with Crippen molar-refractivity contribution >= 4 is 5.91 Å². The van der Waals surface area contributed by atoms with Crippen molar-refractivity contribution in [1.29, 1.82) is 0 Å². The smallest absolute Gasteiger partial charge is 0.223 e. The molecule has 5 nitrogen and oxygen atoms in total. The maximum Gasteiger partial charge on any atom is 0.223 e. The Kier molecular flexibility index (Phi) is 4.20. The van der Waals surface area contributed by atoms with Crippen LogP contribution in [0.3, 0.4) is 0 Å². The molecule has 152 valence electrons. The molecule has 4 aliphatic carbocycles. The molecule has 6 rings (SSSR count). The van der Waals surface area contributed by atoms with E-state index >= 15 is 0 Å². The maximum atomic E-state index is 13.4. The van der Waals surface area contributed by atoms with Gasteiger partial charge in [0.25, 0.3) is 0 Å². The van der Waals surface area contributed by atoms with Gasteiger partial charge in [0.05, 0.1) is 5.60 Å². The number of hydrogen-bond acceptors (Lipinski definition) is 4. The second kappa shape index (κ2) is 6.17. The van der Waals surface area contributed by atoms with E-state index < -0.39 is 5.60 Å². The van der Waals surface area contributed by atoms with Gasteiger partial charge in [-0.15, -0.1) is 0 Å². The quantitative estimate of drug-likeness (QED) is 0.801. The fourth-order valence-electron chi connectivity index (χ4n) is 7.89. The molecule has 1 amide bonds. The number of amides is 1. The number of likely N-dealkylation sites (tertiary alicyclic amines) is 1. The van der Waals surface area contributed by atoms with Crippen LogP contribution in [0.1, 0.15) is 57.8 Å². The van der Waals surface area contributed by atoms with Crippen molar-refractivity contribution in [2.75, 3.05) is 46.8 Å². The highest BCUT2D eigenvalue weighted by Crippen LogP contribution is 2.63. The predicted octanol–water partition coefficient (Wildman–Crippen LogP) is 1.95. The van der Waals surface area contributed by atoms with Crippen molar-refractivity contribution < 1.29 is 9.90 Å². The molecule has 1 N–H and O–H groups in total. The summed E-state index contributed by atoms with van der Waals surface area (Å²) < 4.78 is 0. The highest BCUT2D eigenvalue weighted by atomic mass is 16.3. The molecule has 6 fully saturated rings. The molecule has 2 heterocycles. The highest BCUT2D eigenvalue weighted by Gasteiger charge is 2.58. The average molecular weight is 376 g/mol. The van der Waals surface area contributed by atoms with Gasteiger partial charge in [-0.05, 0) is 95.8 Å². The van der Waals surface area contributed by atoms with Crippen molar-refractivity contribution in [3.05, 3.63) is 0 Å². The molecule has 6 aliphatic rings. The van der Waals surface area contributed by atoms with E-state index in [0.29, 0.717) is 24.2 Å². The number of likely N-dealkylation sites (N-methyl/N-ethyl adjacent to an activating group) is 1. The summed E-state index contributed by atoms with van der Waals surface area (Å²) >= 11 is 0. The molecule has 0 aromatic carbocycles. The van der Waals surface area contributed by atoms with Crippen LogP contribution < -0.4 is 0 Å². The second-order valence-corrected chi connectivity index (χ2v) is 11.1. The van der Waals surface area contributed by atoms with E-state index in [1.165, 1.54) is 32.1 Å². The zero-order valence-corrected chi connectivity index (χ0v) is 17.3. The normalized spacial score (nSPS) is 44.2. The zero-order chi connectivity index (χ0) is 18.9. The molecule has 0 radical (unpaired) electrons. The topological polar surface area (TPSA) is 47.0 Å². The largest absolute Gasteiger partial charge is 0.390 e. The van der Waals surface area contributed by atoms with Crippen LogP contribution in [0.15, 0.2) is 0 Å². The number of hydrogen-bond donors (Lipinski definition) is 1. The number of carbonyl (C=O) groups is 1. The summed E-state index contributed by atoms with van der Waals surface area (Å²) in [6.45, 7) is 5.04. The third-order valence-corrected chi connectivity index (χ3v) is 8.95. The number of nitrogens with zero attached hydrogens (tertiary/aromatic N) is 3. The van der Waals surface area contributed by atoms with Crippen molar-refractivity contribution in [1.82, 2.24) is 14.7 Å². The van der Waals surface area contributed by atoms with E-state index in [-0.39, 0.29) is 11.0 Å². The van der Waals surface area contributed by atoms with Crippen molar-refractivity contribution in [2.45, 2.75) is 68.9 Å². The lowest BCUT2D eigenvalue weighted by Gasteiger charge is -2.60. The Morgan fingerprint density at radius 2 is 1.67 bits per heavy atom. The van der Waals surface area contributed by atoms with Gasteiger partial charge in [-0.1, -0.05) is 0 Å². The van der Waals surface area contributed by atoms with E-state index in [2.05, 4.69) is 28.8 Å². The fraction of sp³-hybridized carbons (Fsp3) is 0.955. The first-order valence-electron chi connectivity index (χ1n) is 11.2. The molecule has 5 heteroatoms. The number of carbonyl (C=O) groups excluding carboxylic acids is 1. The lowest BCUT2D eigenvalue weighted by atomic mass is 9.47. The summed E-state index contributed by atoms with van der Waals surface area (Å²) in [5, 5.41) is 11.0. The highest BCUT2D eigenvalue weighted by molar-refractivity contribution is 5.77. The first-order valence-corrected chi connectivity index (χ1v) is 11.2. The molecule has 4 bridgehead atoms. The van der Waals surface area contributed by atoms with Crippen LogP contribution in [0, 0.1) is 17.3 Å². The van der Waals surface area contributed by atoms with Gasteiger partial charge in [0.15, 0.2) is 0 Å². The Labute approximate surface area is 164 Å². The maximum absolute atomic E-state index is 13.4. The van der Waals surface area contributed by atoms with E-state index in [1.54, 1.807) is 0 Å². The first kappa shape index (κ1) is 18.4. The SMILES string of the molecule is CN1CCC2(CC1)CN(C(=O)CC13CC4CC(CC(O)(C4)C1)C3)CCN2C. The van der Waals surface area contributed by atoms with Gasteiger partial charge in [-0.2, -0.15) is 0 Å². The van der Waals surface area contributed by atoms with Crippen LogP contribution in [0.4, 0.5) is 0 Å². The number of piperazine rings is 1. The lowest BCUT2D eigenvalue weighted by Crippen LogP contribution is -2.65. The van der Waals surface area contributed by atoms with Gasteiger partial charge < -0.3 is 14.9 Å². The van der Waals surface area contributed by atoms with Crippen LogP contribution in [-0.4, -0.2) is 83.7 Å². The minimum Gasteiger partial charge on any atom is -0.390 e. The Hall–Kier alpha value is -0.650. The van der Waals surface area contributed by atoms with E-state index in [1.807, 2.05) is 0 Å². The third-order valence-electron chi connectivity index (χ3n) is 8.95. The second-order valence-electron chi connectivity index (χ2n) is 11.1. The molecule has 2 unspecified atom stereocenters. The first-order chi connectivity index (χ1) is 12.8. The average Bonchev–Trinajstić information content (AvgIpc) is 2.57. The molecule has 4 saturated carbocycles. The summed E-state index contributed by atoms with van der Waals surface area (Å²) in [5.74, 6) is 1.69. The molecule has 0 aromatic heterocycles. The zero-order valence-electron chi connectivity index (χ0n) is 17.3. The van der Waals surface area contributed by atoms with Crippen molar-refractivity contribution in [3.8, 4) is 0 Å². The molecule has 2 saturated heterocycles. The summed E-state index contributed by atoms with van der Waals surface area (Å²) in [5.41, 5.74) is -0.180. The van der Waals surface area contributed by atoms with Gasteiger partial charge in [-0.25, -0.2) is 0 Å². The number of aliphatic hydroxyl groups is 1. The molecule has 1 spiro atoms. The summed E-state index contributed by atoms with van der Waals surface area (Å²) in [7, 11) is 4.46. The van der Waals surface area contributed by atoms with Gasteiger partial charge in [0, 0.05) is 31.6 Å².